The molecule has 0 fully saturated rings. The SMILES string of the molecule is CC(=O)c1cccc(Nc2ccnc3ccc(C)cc23)c1. The van der Waals surface area contributed by atoms with Crippen LogP contribution in [0.2, 0.25) is 0 Å². The van der Waals surface area contributed by atoms with E-state index in [4.69, 9.17) is 0 Å². The van der Waals surface area contributed by atoms with Crippen LogP contribution in [-0.2, 0) is 0 Å². The number of fused-ring (bicyclic) bond motifs is 1. The van der Waals surface area contributed by atoms with Gasteiger partial charge in [0, 0.05) is 28.5 Å². The minimum atomic E-state index is 0.0640. The fraction of sp³-hybridized carbons (Fsp3) is 0.111. The van der Waals surface area contributed by atoms with Crippen LogP contribution >= 0.6 is 0 Å². The van der Waals surface area contributed by atoms with Crippen LogP contribution in [0.5, 0.6) is 0 Å². The predicted molar refractivity (Wildman–Crippen MR) is 86.2 cm³/mol. The lowest BCUT2D eigenvalue weighted by Gasteiger charge is -2.10. The molecule has 1 heterocycles. The van der Waals surface area contributed by atoms with Crippen molar-refractivity contribution in [1.82, 2.24) is 4.98 Å². The van der Waals surface area contributed by atoms with Crippen molar-refractivity contribution >= 4 is 28.1 Å². The maximum Gasteiger partial charge on any atom is 0.159 e. The third-order valence-corrected chi connectivity index (χ3v) is 3.45. The van der Waals surface area contributed by atoms with Gasteiger partial charge in [0.15, 0.2) is 5.78 Å². The topological polar surface area (TPSA) is 42.0 Å². The average Bonchev–Trinajstić information content (AvgIpc) is 2.48. The Kier molecular flexibility index (Phi) is 3.40. The van der Waals surface area contributed by atoms with E-state index in [1.165, 1.54) is 5.56 Å². The fourth-order valence-corrected chi connectivity index (χ4v) is 2.34. The zero-order valence-electron chi connectivity index (χ0n) is 12.1. The molecular weight excluding hydrogens is 260 g/mol. The molecule has 0 amide bonds. The number of nitrogens with zero attached hydrogens (tertiary/aromatic N) is 1. The second-order valence-electron chi connectivity index (χ2n) is 5.14. The predicted octanol–water partition coefficient (Wildman–Crippen LogP) is 4.49. The van der Waals surface area contributed by atoms with Gasteiger partial charge in [0.05, 0.1) is 5.52 Å². The molecule has 1 N–H and O–H groups in total. The van der Waals surface area contributed by atoms with E-state index < -0.39 is 0 Å². The number of rotatable bonds is 3. The van der Waals surface area contributed by atoms with E-state index in [2.05, 4.69) is 29.4 Å². The number of pyridine rings is 1. The molecule has 3 heteroatoms. The number of Topliss-reactive ketones (excluding diaryl/α,β-unsaturated/α-hetero) is 1. The summed E-state index contributed by atoms with van der Waals surface area (Å²) in [5, 5.41) is 4.45. The van der Waals surface area contributed by atoms with Crippen molar-refractivity contribution < 1.29 is 4.79 Å². The van der Waals surface area contributed by atoms with Crippen molar-refractivity contribution in [2.75, 3.05) is 5.32 Å². The lowest BCUT2D eigenvalue weighted by atomic mass is 10.1. The second-order valence-corrected chi connectivity index (χ2v) is 5.14. The highest BCUT2D eigenvalue weighted by atomic mass is 16.1. The van der Waals surface area contributed by atoms with Gasteiger partial charge in [0.1, 0.15) is 0 Å². The molecule has 0 saturated carbocycles. The summed E-state index contributed by atoms with van der Waals surface area (Å²) in [4.78, 5) is 15.8. The Morgan fingerprint density at radius 2 is 1.95 bits per heavy atom. The smallest absolute Gasteiger partial charge is 0.159 e. The highest BCUT2D eigenvalue weighted by Gasteiger charge is 2.04. The van der Waals surface area contributed by atoms with E-state index in [1.807, 2.05) is 36.4 Å². The molecule has 3 rings (SSSR count). The zero-order valence-corrected chi connectivity index (χ0v) is 12.1. The van der Waals surface area contributed by atoms with Crippen LogP contribution in [0.4, 0.5) is 11.4 Å². The van der Waals surface area contributed by atoms with Crippen molar-refractivity contribution in [3.63, 3.8) is 0 Å². The minimum Gasteiger partial charge on any atom is -0.355 e. The van der Waals surface area contributed by atoms with Gasteiger partial charge in [0.25, 0.3) is 0 Å². The molecule has 1 aromatic heterocycles. The van der Waals surface area contributed by atoms with Crippen molar-refractivity contribution in [2.24, 2.45) is 0 Å². The van der Waals surface area contributed by atoms with Crippen LogP contribution < -0.4 is 5.32 Å². The van der Waals surface area contributed by atoms with Crippen LogP contribution in [0.1, 0.15) is 22.8 Å². The maximum atomic E-state index is 11.5. The number of anilines is 2. The summed E-state index contributed by atoms with van der Waals surface area (Å²) in [5.41, 5.74) is 4.74. The molecular formula is C18H16N2O. The molecule has 3 nitrogen and oxygen atoms in total. The summed E-state index contributed by atoms with van der Waals surface area (Å²) in [5.74, 6) is 0.0640. The Labute approximate surface area is 123 Å². The van der Waals surface area contributed by atoms with Crippen molar-refractivity contribution in [1.29, 1.82) is 0 Å². The molecule has 0 aliphatic rings. The molecule has 0 aliphatic heterocycles. The highest BCUT2D eigenvalue weighted by Crippen LogP contribution is 2.26. The number of aryl methyl sites for hydroxylation is 1. The number of aromatic nitrogens is 1. The normalized spacial score (nSPS) is 10.6. The van der Waals surface area contributed by atoms with Crippen LogP contribution in [0, 0.1) is 6.92 Å². The summed E-state index contributed by atoms with van der Waals surface area (Å²) in [6.45, 7) is 3.64. The number of carbonyl (C=O) groups excluding carboxylic acids is 1. The third kappa shape index (κ3) is 2.77. The van der Waals surface area contributed by atoms with Crippen molar-refractivity contribution in [3.8, 4) is 0 Å². The van der Waals surface area contributed by atoms with Gasteiger partial charge in [-0.1, -0.05) is 23.8 Å². The van der Waals surface area contributed by atoms with E-state index >= 15 is 0 Å². The quantitative estimate of drug-likeness (QED) is 0.717. The monoisotopic (exact) mass is 276 g/mol. The first kappa shape index (κ1) is 13.3. The van der Waals surface area contributed by atoms with Gasteiger partial charge in [0.2, 0.25) is 0 Å². The van der Waals surface area contributed by atoms with Crippen molar-refractivity contribution in [2.45, 2.75) is 13.8 Å². The summed E-state index contributed by atoms with van der Waals surface area (Å²) in [7, 11) is 0. The van der Waals surface area contributed by atoms with Gasteiger partial charge >= 0.3 is 0 Å². The van der Waals surface area contributed by atoms with E-state index in [-0.39, 0.29) is 5.78 Å². The van der Waals surface area contributed by atoms with Gasteiger partial charge in [-0.05, 0) is 44.2 Å². The van der Waals surface area contributed by atoms with Gasteiger partial charge in [-0.3, -0.25) is 9.78 Å². The summed E-state index contributed by atoms with van der Waals surface area (Å²) >= 11 is 0. The second kappa shape index (κ2) is 5.37. The van der Waals surface area contributed by atoms with Crippen LogP contribution in [0.3, 0.4) is 0 Å². The molecule has 0 radical (unpaired) electrons. The van der Waals surface area contributed by atoms with E-state index in [0.29, 0.717) is 5.56 Å². The molecule has 0 unspecified atom stereocenters. The van der Waals surface area contributed by atoms with Gasteiger partial charge in [-0.2, -0.15) is 0 Å². The van der Waals surface area contributed by atoms with Gasteiger partial charge in [-0.15, -0.1) is 0 Å². The molecule has 3 aromatic rings. The number of ketones is 1. The molecule has 0 spiro atoms. The fourth-order valence-electron chi connectivity index (χ4n) is 2.34. The lowest BCUT2D eigenvalue weighted by molar-refractivity contribution is 0.101. The van der Waals surface area contributed by atoms with Gasteiger partial charge in [-0.25, -0.2) is 0 Å². The van der Waals surface area contributed by atoms with Crippen molar-refractivity contribution in [3.05, 3.63) is 65.9 Å². The number of hydrogen-bond donors (Lipinski definition) is 1. The largest absolute Gasteiger partial charge is 0.355 e. The number of hydrogen-bond acceptors (Lipinski definition) is 3. The number of nitrogens with one attached hydrogen (secondary N) is 1. The van der Waals surface area contributed by atoms with Crippen LogP contribution in [-0.4, -0.2) is 10.8 Å². The Morgan fingerprint density at radius 3 is 2.76 bits per heavy atom. The summed E-state index contributed by atoms with van der Waals surface area (Å²) in [6, 6.07) is 15.6. The summed E-state index contributed by atoms with van der Waals surface area (Å²) < 4.78 is 0. The van der Waals surface area contributed by atoms with Crippen LogP contribution in [0.25, 0.3) is 10.9 Å². The highest BCUT2D eigenvalue weighted by molar-refractivity contribution is 5.96. The first-order valence-corrected chi connectivity index (χ1v) is 6.87. The minimum absolute atomic E-state index is 0.0640. The summed E-state index contributed by atoms with van der Waals surface area (Å²) in [6.07, 6.45) is 1.79. The standard InChI is InChI=1S/C18H16N2O/c1-12-6-7-17-16(10-12)18(8-9-19-17)20-15-5-3-4-14(11-15)13(2)21/h3-11H,1-2H3,(H,19,20). The van der Waals surface area contributed by atoms with E-state index in [1.54, 1.807) is 13.1 Å². The molecule has 0 saturated heterocycles. The number of carbonyl (C=O) groups is 1. The molecule has 104 valence electrons. The first-order valence-electron chi connectivity index (χ1n) is 6.87. The molecule has 0 atom stereocenters. The number of benzene rings is 2. The molecule has 21 heavy (non-hydrogen) atoms. The Morgan fingerprint density at radius 1 is 1.10 bits per heavy atom. The van der Waals surface area contributed by atoms with E-state index in [9.17, 15) is 4.79 Å². The Balaban J connectivity index is 2.04. The lowest BCUT2D eigenvalue weighted by Crippen LogP contribution is -1.96. The Hall–Kier alpha value is -2.68. The van der Waals surface area contributed by atoms with E-state index in [0.717, 1.165) is 22.3 Å². The zero-order chi connectivity index (χ0) is 14.8. The Bertz CT molecular complexity index is 824. The van der Waals surface area contributed by atoms with Crippen LogP contribution in [0.15, 0.2) is 54.7 Å². The molecule has 0 bridgehead atoms. The first-order chi connectivity index (χ1) is 10.1. The molecule has 0 aliphatic carbocycles. The van der Waals surface area contributed by atoms with Gasteiger partial charge < -0.3 is 5.32 Å². The maximum absolute atomic E-state index is 11.5. The average molecular weight is 276 g/mol. The molecule has 2 aromatic carbocycles. The third-order valence-electron chi connectivity index (χ3n) is 3.45.